The lowest BCUT2D eigenvalue weighted by Gasteiger charge is -2.12. The third-order valence-electron chi connectivity index (χ3n) is 4.11. The zero-order valence-corrected chi connectivity index (χ0v) is 20.2. The van der Waals surface area contributed by atoms with Gasteiger partial charge in [0.25, 0.3) is 0 Å². The van der Waals surface area contributed by atoms with Crippen molar-refractivity contribution < 1.29 is 9.53 Å². The minimum Gasteiger partial charge on any atom is -0.496 e. The van der Waals surface area contributed by atoms with Crippen molar-refractivity contribution in [3.8, 4) is 5.75 Å². The Balaban J connectivity index is 1.64. The van der Waals surface area contributed by atoms with Crippen LogP contribution in [-0.4, -0.2) is 18.9 Å². The average molecular weight is 532 g/mol. The fourth-order valence-electron chi connectivity index (χ4n) is 2.56. The summed E-state index contributed by atoms with van der Waals surface area (Å²) in [5, 5.41) is 3.36. The lowest BCUT2D eigenvalue weighted by atomic mass is 10.2. The number of amides is 1. The van der Waals surface area contributed by atoms with Crippen LogP contribution in [0, 0.1) is 0 Å². The van der Waals surface area contributed by atoms with Crippen LogP contribution < -0.4 is 20.5 Å². The number of benzene rings is 3. The summed E-state index contributed by atoms with van der Waals surface area (Å²) in [4.78, 5) is 17.2. The number of ether oxygens (including phenoxy) is 1. The summed E-state index contributed by atoms with van der Waals surface area (Å²) in [5.74, 6) is 0.611. The molecule has 32 heavy (non-hydrogen) atoms. The molecular formula is C23H20BrClN4O2S. The number of hydrogen-bond acceptors (Lipinski definition) is 5. The maximum Gasteiger partial charge on any atom is 0.249 e. The second kappa shape index (κ2) is 11.6. The Hall–Kier alpha value is -2.94. The molecular weight excluding hydrogens is 512 g/mol. The number of nitrogens with zero attached hydrogens (tertiary/aromatic N) is 1. The summed E-state index contributed by atoms with van der Waals surface area (Å²) in [7, 11) is 1.60. The van der Waals surface area contributed by atoms with Gasteiger partial charge in [-0.25, -0.2) is 4.99 Å². The Morgan fingerprint density at radius 1 is 1.12 bits per heavy atom. The number of methoxy groups -OCH3 is 1. The van der Waals surface area contributed by atoms with Gasteiger partial charge in [0, 0.05) is 38.7 Å². The zero-order valence-electron chi connectivity index (χ0n) is 17.0. The number of aliphatic imine (C=N–C) groups is 1. The van der Waals surface area contributed by atoms with Crippen LogP contribution in [0.1, 0.15) is 5.56 Å². The van der Waals surface area contributed by atoms with Gasteiger partial charge in [-0.2, -0.15) is 0 Å². The summed E-state index contributed by atoms with van der Waals surface area (Å²) in [6, 6.07) is 20.2. The molecule has 0 aliphatic heterocycles. The highest BCUT2D eigenvalue weighted by molar-refractivity contribution is 9.10. The molecule has 0 heterocycles. The smallest absolute Gasteiger partial charge is 0.249 e. The molecule has 0 aromatic heterocycles. The van der Waals surface area contributed by atoms with Gasteiger partial charge in [0.2, 0.25) is 5.91 Å². The van der Waals surface area contributed by atoms with Gasteiger partial charge in [0.15, 0.2) is 0 Å². The third-order valence-corrected chi connectivity index (χ3v) is 5.75. The second-order valence-corrected chi connectivity index (χ2v) is 8.61. The van der Waals surface area contributed by atoms with Crippen molar-refractivity contribution in [1.82, 2.24) is 0 Å². The van der Waals surface area contributed by atoms with Crippen LogP contribution in [-0.2, 0) is 4.79 Å². The number of halogens is 2. The van der Waals surface area contributed by atoms with E-state index in [9.17, 15) is 4.79 Å². The van der Waals surface area contributed by atoms with E-state index in [1.807, 2.05) is 30.3 Å². The number of amidine groups is 1. The molecule has 0 bridgehead atoms. The number of nitrogens with two attached hydrogens (primary N) is 1. The molecule has 0 atom stereocenters. The summed E-state index contributed by atoms with van der Waals surface area (Å²) in [5.41, 5.74) is 8.16. The molecule has 1 amide bonds. The minimum absolute atomic E-state index is 0.263. The van der Waals surface area contributed by atoms with Gasteiger partial charge in [-0.05, 0) is 66.5 Å². The SMILES string of the molecule is COc1ccc(NC(=O)/C=C/N=C(N)c2cccc(Cl)c2)cc1SNc1ccc(Br)cc1. The van der Waals surface area contributed by atoms with Crippen molar-refractivity contribution >= 4 is 62.6 Å². The average Bonchev–Trinajstić information content (AvgIpc) is 2.78. The first-order valence-electron chi connectivity index (χ1n) is 9.38. The monoisotopic (exact) mass is 530 g/mol. The predicted octanol–water partition coefficient (Wildman–Crippen LogP) is 6.09. The lowest BCUT2D eigenvalue weighted by Crippen LogP contribution is -2.12. The molecule has 0 radical (unpaired) electrons. The number of rotatable bonds is 8. The zero-order chi connectivity index (χ0) is 22.9. The summed E-state index contributed by atoms with van der Waals surface area (Å²) in [6.07, 6.45) is 2.65. The topological polar surface area (TPSA) is 88.7 Å². The van der Waals surface area contributed by atoms with Crippen LogP contribution >= 0.6 is 39.5 Å². The molecule has 0 unspecified atom stereocenters. The number of hydrogen-bond donors (Lipinski definition) is 3. The number of anilines is 2. The van der Waals surface area contributed by atoms with Crippen LogP contribution in [0.4, 0.5) is 11.4 Å². The Kier molecular flexibility index (Phi) is 8.61. The van der Waals surface area contributed by atoms with Crippen molar-refractivity contribution in [2.24, 2.45) is 10.7 Å². The van der Waals surface area contributed by atoms with E-state index in [1.165, 1.54) is 24.2 Å². The quantitative estimate of drug-likeness (QED) is 0.142. The Bertz CT molecular complexity index is 1150. The summed E-state index contributed by atoms with van der Waals surface area (Å²) in [6.45, 7) is 0. The molecule has 0 saturated carbocycles. The van der Waals surface area contributed by atoms with Crippen molar-refractivity contribution in [3.63, 3.8) is 0 Å². The lowest BCUT2D eigenvalue weighted by molar-refractivity contribution is -0.111. The second-order valence-electron chi connectivity index (χ2n) is 6.41. The highest BCUT2D eigenvalue weighted by Gasteiger charge is 2.08. The number of carbonyl (C=O) groups excluding carboxylic acids is 1. The highest BCUT2D eigenvalue weighted by atomic mass is 79.9. The third kappa shape index (κ3) is 7.05. The van der Waals surface area contributed by atoms with E-state index >= 15 is 0 Å². The minimum atomic E-state index is -0.338. The number of nitrogens with one attached hydrogen (secondary N) is 2. The molecule has 9 heteroatoms. The van der Waals surface area contributed by atoms with Crippen molar-refractivity contribution in [2.75, 3.05) is 17.1 Å². The molecule has 0 aliphatic rings. The first-order chi connectivity index (χ1) is 15.4. The van der Waals surface area contributed by atoms with Crippen LogP contribution in [0.15, 0.2) is 93.4 Å². The fraction of sp³-hybridized carbons (Fsp3) is 0.0435. The van der Waals surface area contributed by atoms with Gasteiger partial charge in [0.1, 0.15) is 11.6 Å². The van der Waals surface area contributed by atoms with Crippen molar-refractivity contribution in [1.29, 1.82) is 0 Å². The van der Waals surface area contributed by atoms with Gasteiger partial charge >= 0.3 is 0 Å². The Labute approximate surface area is 204 Å². The number of carbonyl (C=O) groups is 1. The normalized spacial score (nSPS) is 11.4. The van der Waals surface area contributed by atoms with Gasteiger partial charge < -0.3 is 20.5 Å². The molecule has 3 rings (SSSR count). The molecule has 6 nitrogen and oxygen atoms in total. The van der Waals surface area contributed by atoms with Gasteiger partial charge in [-0.1, -0.05) is 39.7 Å². The van der Waals surface area contributed by atoms with E-state index in [0.717, 1.165) is 15.1 Å². The van der Waals surface area contributed by atoms with Crippen molar-refractivity contribution in [3.05, 3.63) is 94.1 Å². The van der Waals surface area contributed by atoms with Crippen LogP contribution in [0.25, 0.3) is 0 Å². The molecule has 4 N–H and O–H groups in total. The first-order valence-corrected chi connectivity index (χ1v) is 11.4. The van der Waals surface area contributed by atoms with E-state index < -0.39 is 0 Å². The van der Waals surface area contributed by atoms with E-state index in [4.69, 9.17) is 22.1 Å². The van der Waals surface area contributed by atoms with E-state index in [1.54, 1.807) is 43.5 Å². The Morgan fingerprint density at radius 3 is 2.59 bits per heavy atom. The van der Waals surface area contributed by atoms with Crippen LogP contribution in [0.2, 0.25) is 5.02 Å². The van der Waals surface area contributed by atoms with E-state index in [0.29, 0.717) is 22.0 Å². The molecule has 0 fully saturated rings. The molecule has 0 saturated heterocycles. The molecule has 3 aromatic carbocycles. The van der Waals surface area contributed by atoms with E-state index in [-0.39, 0.29) is 11.7 Å². The highest BCUT2D eigenvalue weighted by Crippen LogP contribution is 2.32. The summed E-state index contributed by atoms with van der Waals surface area (Å²) >= 11 is 10.8. The predicted molar refractivity (Wildman–Crippen MR) is 137 cm³/mol. The molecule has 0 aliphatic carbocycles. The van der Waals surface area contributed by atoms with Gasteiger partial charge in [-0.3, -0.25) is 4.79 Å². The first kappa shape index (κ1) is 23.7. The molecule has 0 spiro atoms. The maximum atomic E-state index is 12.3. The Morgan fingerprint density at radius 2 is 1.88 bits per heavy atom. The summed E-state index contributed by atoms with van der Waals surface area (Å²) < 4.78 is 9.68. The van der Waals surface area contributed by atoms with Gasteiger partial charge in [-0.15, -0.1) is 0 Å². The standard InChI is InChI=1S/C23H20BrClN4O2S/c1-31-20-10-9-19(14-21(20)32-29-18-7-5-16(24)6-8-18)28-22(30)11-12-27-23(26)15-3-2-4-17(25)13-15/h2-14,29H,1H3,(H2,26,27)(H,28,30)/b12-11+. The van der Waals surface area contributed by atoms with E-state index in [2.05, 4.69) is 31.0 Å². The van der Waals surface area contributed by atoms with Crippen molar-refractivity contribution in [2.45, 2.75) is 4.90 Å². The molecule has 164 valence electrons. The molecule has 3 aromatic rings. The van der Waals surface area contributed by atoms with Gasteiger partial charge in [0.05, 0.1) is 12.0 Å². The maximum absolute atomic E-state index is 12.3. The fourth-order valence-corrected chi connectivity index (χ4v) is 3.81. The van der Waals surface area contributed by atoms with Crippen LogP contribution in [0.3, 0.4) is 0 Å². The van der Waals surface area contributed by atoms with Crippen LogP contribution in [0.5, 0.6) is 5.75 Å². The largest absolute Gasteiger partial charge is 0.496 e.